The number of phosphoric acid groups is 1. The molecule has 3 aliphatic carbocycles. The molecule has 0 saturated heterocycles. The molecule has 5 aromatic carbocycles. The predicted octanol–water partition coefficient (Wildman–Crippen LogP) is 6.50. The van der Waals surface area contributed by atoms with E-state index in [1.165, 1.54) is 30.0 Å². The summed E-state index contributed by atoms with van der Waals surface area (Å²) in [6.07, 6.45) is 2.88. The number of benzene rings is 5. The van der Waals surface area contributed by atoms with Gasteiger partial charge in [-0.3, -0.25) is 38.6 Å². The molecule has 9 N–H and O–H groups in total. The average molecular weight is 1710 g/mol. The number of fused-ring (bicyclic) bond motifs is 6. The topological polar surface area (TPSA) is 453 Å². The summed E-state index contributed by atoms with van der Waals surface area (Å²) in [5.74, 6) is -2.99. The van der Waals surface area contributed by atoms with Crippen LogP contribution in [0.25, 0.3) is 21.5 Å². The number of nitrogens with one attached hydrogen (secondary N) is 5. The molecule has 0 radical (unpaired) electrons. The van der Waals surface area contributed by atoms with Crippen molar-refractivity contribution < 1.29 is 108 Å². The predicted molar refractivity (Wildman–Crippen MR) is 430 cm³/mol. The quantitative estimate of drug-likeness (QED) is 0.00875. The fourth-order valence-corrected chi connectivity index (χ4v) is 15.9. The third-order valence-electron chi connectivity index (χ3n) is 20.4. The van der Waals surface area contributed by atoms with E-state index in [4.69, 9.17) is 71.4 Å². The summed E-state index contributed by atoms with van der Waals surface area (Å²) in [4.78, 5) is 154. The summed E-state index contributed by atoms with van der Waals surface area (Å²) in [6, 6.07) is 21.0. The van der Waals surface area contributed by atoms with Crippen LogP contribution in [0, 0.1) is 16.7 Å². The molecule has 2 bridgehead atoms. The number of likely N-dealkylation sites (N-methyl/N-ethyl adjacent to an activating group) is 2. The number of carbonyl (C=O) groups excluding carboxylic acids is 9. The van der Waals surface area contributed by atoms with Crippen LogP contribution in [0.1, 0.15) is 91.3 Å². The Hall–Kier alpha value is -9.43. The summed E-state index contributed by atoms with van der Waals surface area (Å²) in [5.41, 5.74) is 7.16. The minimum atomic E-state index is -4.99. The Morgan fingerprint density at radius 1 is 0.632 bits per heavy atom. The number of alkyl halides is 2. The second-order valence-electron chi connectivity index (χ2n) is 29.4. The van der Waals surface area contributed by atoms with E-state index in [1.54, 1.807) is 84.3 Å². The van der Waals surface area contributed by atoms with E-state index in [2.05, 4.69) is 36.6 Å². The van der Waals surface area contributed by atoms with Crippen LogP contribution in [0.15, 0.2) is 102 Å². The number of aromatic nitrogens is 2. The van der Waals surface area contributed by atoms with Crippen LogP contribution in [0.2, 0.25) is 0 Å². The first-order chi connectivity index (χ1) is 55.9. The highest BCUT2D eigenvalue weighted by Gasteiger charge is 2.76. The number of urea groups is 1. The van der Waals surface area contributed by atoms with Gasteiger partial charge in [-0.1, -0.05) is 74.5 Å². The SMILES string of the molecule is CC(C)[C@H](NC(=O)CCOCCOCCOCCOCCOCCOCCNC(=O)c1cnc(S(C)(=O)=O)nc1)C(=O)N[C@@H](CCCNC(N)=O)C(=O)Nc1ccc(COC(=O)N(C)CCN(C)C(=O)Oc2cc3c(c4ccccc24)[C@H](CCl)CN3C(=O)C23CC(C(=O)N4C[C@@H](CCl)c5c4cc(OP(=O)(O)O)c4ccccc54)(C2)C3)cc1. The molecule has 11 rings (SSSR count). The number of halogens is 2. The van der Waals surface area contributed by atoms with Gasteiger partial charge in [0.25, 0.3) is 5.91 Å². The molecule has 0 unspecified atom stereocenters. The maximum Gasteiger partial charge on any atom is 0.524 e. The number of phosphoric ester groups is 1. The van der Waals surface area contributed by atoms with Gasteiger partial charge in [0.05, 0.1) is 107 Å². The van der Waals surface area contributed by atoms with Gasteiger partial charge in [-0.05, 0) is 77.6 Å². The molecule has 0 spiro atoms. The van der Waals surface area contributed by atoms with Crippen molar-refractivity contribution in [3.63, 3.8) is 0 Å². The van der Waals surface area contributed by atoms with Crippen LogP contribution in [-0.2, 0) is 78.1 Å². The molecular weight excluding hydrogens is 1610 g/mol. The highest BCUT2D eigenvalue weighted by atomic mass is 35.5. The third-order valence-corrected chi connectivity index (χ3v) is 22.5. The van der Waals surface area contributed by atoms with Crippen molar-refractivity contribution in [2.24, 2.45) is 22.5 Å². The van der Waals surface area contributed by atoms with Gasteiger partial charge >= 0.3 is 26.0 Å². The molecule has 3 saturated carbocycles. The summed E-state index contributed by atoms with van der Waals surface area (Å²) >= 11 is 13.2. The van der Waals surface area contributed by atoms with Crippen LogP contribution in [-0.4, -0.2) is 254 Å². The Bertz CT molecular complexity index is 4700. The van der Waals surface area contributed by atoms with Crippen LogP contribution >= 0.6 is 31.0 Å². The molecule has 634 valence electrons. The lowest BCUT2D eigenvalue weighted by Crippen LogP contribution is -2.73. The number of anilines is 3. The molecule has 2 aliphatic heterocycles. The van der Waals surface area contributed by atoms with Crippen molar-refractivity contribution in [2.45, 2.75) is 88.1 Å². The van der Waals surface area contributed by atoms with Crippen molar-refractivity contribution in [2.75, 3.05) is 166 Å². The number of primary amides is 1. The molecule has 3 fully saturated rings. The van der Waals surface area contributed by atoms with E-state index in [9.17, 15) is 65.9 Å². The number of rotatable bonds is 45. The van der Waals surface area contributed by atoms with Crippen molar-refractivity contribution in [3.8, 4) is 11.5 Å². The van der Waals surface area contributed by atoms with Gasteiger partial charge in [0, 0.05) is 131 Å². The van der Waals surface area contributed by atoms with E-state index in [-0.39, 0.29) is 168 Å². The molecule has 35 nitrogen and oxygen atoms in total. The molecule has 3 heterocycles. The van der Waals surface area contributed by atoms with E-state index in [1.807, 2.05) is 18.2 Å². The largest absolute Gasteiger partial charge is 0.524 e. The van der Waals surface area contributed by atoms with Gasteiger partial charge in [-0.2, -0.15) is 0 Å². The summed E-state index contributed by atoms with van der Waals surface area (Å²) in [7, 11) is -5.54. The fourth-order valence-electron chi connectivity index (χ4n) is 14.5. The fraction of sp³-hybridized carbons (Fsp3) is 0.500. The zero-order chi connectivity index (χ0) is 84.2. The number of nitrogens with two attached hydrogens (primary N) is 1. The van der Waals surface area contributed by atoms with Crippen molar-refractivity contribution in [3.05, 3.63) is 120 Å². The standard InChI is InChI=1S/C78H99Cl2N12O23PS/c1-49(2)67(88-64(93)20-25-107-27-29-109-31-33-111-35-36-112-34-32-110-30-28-108-26-22-82-68(94)53-41-84-74(85-42-53)117(5,105)106)70(96)87-59(15-10-21-83-73(81)99)69(95)86-54-18-16-50(17-19-54)45-113-75(100)89(3)23-24-90(4)76(101)114-62-37-60-65(57-13-8-6-11-55(57)62)51(39-79)43-91(60)71(97)77-46-78(47-77,48-77)72(98)92-44-52(40-80)66-58-14-9-7-12-56(58)63(38-61(66)92)115-116(102,103)104/h6-9,11-14,16-19,37-38,41-42,49,51-52,59,67H,10,15,20-36,39-40,43-48H2,1-5H3,(H,82,94)(H,86,95)(H,87,96)(H,88,93)(H3,81,83,99)(H2,102,103,104)/t51-,52-,59+,67+,77?,78?/m1/s1. The molecule has 6 aromatic rings. The van der Waals surface area contributed by atoms with E-state index in [0.717, 1.165) is 35.2 Å². The minimum absolute atomic E-state index is 0.0217. The molecule has 1 aromatic heterocycles. The Kier molecular flexibility index (Phi) is 31.7. The number of carbonyl (C=O) groups is 9. The maximum absolute atomic E-state index is 15.0. The van der Waals surface area contributed by atoms with Crippen LogP contribution in [0.4, 0.5) is 31.4 Å². The van der Waals surface area contributed by atoms with E-state index < -0.39 is 88.3 Å². The molecule has 117 heavy (non-hydrogen) atoms. The summed E-state index contributed by atoms with van der Waals surface area (Å²) in [5, 5.41) is 15.5. The second-order valence-corrected chi connectivity index (χ2v) is 33.0. The van der Waals surface area contributed by atoms with Crippen LogP contribution in [0.3, 0.4) is 0 Å². The van der Waals surface area contributed by atoms with Gasteiger partial charge in [0.1, 0.15) is 30.2 Å². The van der Waals surface area contributed by atoms with Crippen molar-refractivity contribution in [1.82, 2.24) is 41.0 Å². The lowest BCUT2D eigenvalue weighted by molar-refractivity contribution is -0.205. The average Bonchev–Trinajstić information content (AvgIpc) is 1.58. The Morgan fingerprint density at radius 3 is 1.60 bits per heavy atom. The number of hydrogen-bond donors (Lipinski definition) is 8. The normalized spacial score (nSPS) is 17.7. The van der Waals surface area contributed by atoms with Crippen LogP contribution < -0.4 is 51.4 Å². The van der Waals surface area contributed by atoms with Gasteiger partial charge in [0.2, 0.25) is 44.5 Å². The smallest absolute Gasteiger partial charge is 0.445 e. The van der Waals surface area contributed by atoms with Crippen molar-refractivity contribution >= 4 is 133 Å². The minimum Gasteiger partial charge on any atom is -0.445 e. The van der Waals surface area contributed by atoms with Crippen LogP contribution in [0.5, 0.6) is 11.5 Å². The first-order valence-corrected chi connectivity index (χ1v) is 42.7. The first kappa shape index (κ1) is 89.9. The highest BCUT2D eigenvalue weighted by Crippen LogP contribution is 2.75. The molecule has 10 amide bonds. The lowest BCUT2D eigenvalue weighted by atomic mass is 9.34. The third kappa shape index (κ3) is 23.5. The maximum atomic E-state index is 15.0. The number of nitrogens with zero attached hydrogens (tertiary/aromatic N) is 6. The Balaban J connectivity index is 0.608. The van der Waals surface area contributed by atoms with Gasteiger partial charge in [0.15, 0.2) is 0 Å². The highest BCUT2D eigenvalue weighted by molar-refractivity contribution is 7.90. The zero-order valence-corrected chi connectivity index (χ0v) is 68.8. The number of ether oxygens (including phenoxy) is 8. The Labute approximate surface area is 686 Å². The second kappa shape index (κ2) is 41.3. The lowest BCUT2D eigenvalue weighted by Gasteiger charge is -2.69. The zero-order valence-electron chi connectivity index (χ0n) is 65.6. The van der Waals surface area contributed by atoms with Crippen molar-refractivity contribution in [1.29, 1.82) is 0 Å². The summed E-state index contributed by atoms with van der Waals surface area (Å²) in [6.45, 7) is 7.45. The van der Waals surface area contributed by atoms with E-state index >= 15 is 0 Å². The first-order valence-electron chi connectivity index (χ1n) is 38.2. The summed E-state index contributed by atoms with van der Waals surface area (Å²) < 4.78 is 85.0. The molecule has 4 atom stereocenters. The van der Waals surface area contributed by atoms with Gasteiger partial charge in [-0.15, -0.1) is 23.2 Å². The number of sulfone groups is 1. The van der Waals surface area contributed by atoms with Gasteiger partial charge in [-0.25, -0.2) is 37.3 Å². The molecular formula is C78H99Cl2N12O23PS. The molecule has 5 aliphatic rings. The number of amides is 10. The van der Waals surface area contributed by atoms with E-state index in [0.29, 0.717) is 91.6 Å². The number of hydrogen-bond acceptors (Lipinski definition) is 23. The van der Waals surface area contributed by atoms with Gasteiger partial charge < -0.3 is 94.3 Å². The monoisotopic (exact) mass is 1700 g/mol. The molecule has 39 heteroatoms. The Morgan fingerprint density at radius 2 is 1.11 bits per heavy atom.